The Morgan fingerprint density at radius 2 is 2.29 bits per heavy atom. The summed E-state index contributed by atoms with van der Waals surface area (Å²) in [4.78, 5) is 11.7. The number of rotatable bonds is 5. The molecule has 94 valence electrons. The van der Waals surface area contributed by atoms with E-state index in [1.807, 2.05) is 0 Å². The number of nitrogens with one attached hydrogen (secondary N) is 1. The number of carbonyl (C=O) groups is 1. The summed E-state index contributed by atoms with van der Waals surface area (Å²) in [7, 11) is 0. The second kappa shape index (κ2) is 6.47. The lowest BCUT2D eigenvalue weighted by Gasteiger charge is -2.08. The molecule has 0 saturated carbocycles. The largest absolute Gasteiger partial charge is 0.399 e. The molecule has 0 aliphatic rings. The predicted octanol–water partition coefficient (Wildman–Crippen LogP) is 1.81. The molecule has 1 aromatic carbocycles. The minimum absolute atomic E-state index is 0.243. The molecule has 1 rings (SSSR count). The van der Waals surface area contributed by atoms with Gasteiger partial charge in [0, 0.05) is 12.2 Å². The Balaban J connectivity index is 2.49. The van der Waals surface area contributed by atoms with Crippen LogP contribution in [0, 0.1) is 0 Å². The number of aliphatic hydroxyl groups excluding tert-OH is 1. The zero-order valence-electron chi connectivity index (χ0n) is 9.74. The number of aliphatic hydroxyl groups is 1. The number of amides is 1. The van der Waals surface area contributed by atoms with E-state index in [1.165, 1.54) is 0 Å². The third-order valence-electron chi connectivity index (χ3n) is 2.32. The molecule has 1 unspecified atom stereocenters. The molecule has 0 heterocycles. The highest BCUT2D eigenvalue weighted by molar-refractivity contribution is 6.34. The molecule has 0 bridgehead atoms. The third kappa shape index (κ3) is 4.63. The van der Waals surface area contributed by atoms with Gasteiger partial charge in [0.1, 0.15) is 0 Å². The smallest absolute Gasteiger partial charge is 0.252 e. The van der Waals surface area contributed by atoms with Crippen molar-refractivity contribution in [3.05, 3.63) is 28.8 Å². The maximum Gasteiger partial charge on any atom is 0.252 e. The molecular weight excluding hydrogens is 240 g/mol. The van der Waals surface area contributed by atoms with E-state index in [0.29, 0.717) is 29.2 Å². The van der Waals surface area contributed by atoms with Crippen LogP contribution >= 0.6 is 11.6 Å². The van der Waals surface area contributed by atoms with Crippen LogP contribution in [0.4, 0.5) is 5.69 Å². The minimum Gasteiger partial charge on any atom is -0.399 e. The average molecular weight is 257 g/mol. The molecule has 4 N–H and O–H groups in total. The van der Waals surface area contributed by atoms with E-state index >= 15 is 0 Å². The number of nitrogen functional groups attached to an aromatic ring is 1. The molecule has 0 fully saturated rings. The van der Waals surface area contributed by atoms with E-state index in [1.54, 1.807) is 25.1 Å². The molecule has 17 heavy (non-hydrogen) atoms. The van der Waals surface area contributed by atoms with E-state index < -0.39 is 0 Å². The molecule has 0 aromatic heterocycles. The van der Waals surface area contributed by atoms with Crippen LogP contribution in [0.1, 0.15) is 30.1 Å². The SMILES string of the molecule is CC(O)CCCNC(=O)c1cc(N)ccc1Cl. The second-order valence-electron chi connectivity index (χ2n) is 3.99. The monoisotopic (exact) mass is 256 g/mol. The number of halogens is 1. The summed E-state index contributed by atoms with van der Waals surface area (Å²) in [6.07, 6.45) is 1.04. The normalized spacial score (nSPS) is 12.2. The fourth-order valence-corrected chi connectivity index (χ4v) is 1.61. The van der Waals surface area contributed by atoms with Crippen molar-refractivity contribution in [2.24, 2.45) is 0 Å². The van der Waals surface area contributed by atoms with E-state index in [0.717, 1.165) is 6.42 Å². The number of anilines is 1. The van der Waals surface area contributed by atoms with Gasteiger partial charge in [0.25, 0.3) is 5.91 Å². The van der Waals surface area contributed by atoms with Crippen LogP contribution in [-0.4, -0.2) is 23.7 Å². The number of hydrogen-bond acceptors (Lipinski definition) is 3. The summed E-state index contributed by atoms with van der Waals surface area (Å²) >= 11 is 5.90. The Morgan fingerprint density at radius 1 is 1.59 bits per heavy atom. The zero-order valence-corrected chi connectivity index (χ0v) is 10.5. The van der Waals surface area contributed by atoms with E-state index in [4.69, 9.17) is 22.4 Å². The van der Waals surface area contributed by atoms with Crippen molar-refractivity contribution in [3.8, 4) is 0 Å². The fourth-order valence-electron chi connectivity index (χ4n) is 1.41. The first kappa shape index (κ1) is 13.8. The number of carbonyl (C=O) groups excluding carboxylic acids is 1. The molecule has 0 radical (unpaired) electrons. The van der Waals surface area contributed by atoms with Crippen LogP contribution in [0.5, 0.6) is 0 Å². The van der Waals surface area contributed by atoms with Gasteiger partial charge in [0.2, 0.25) is 0 Å². The number of nitrogens with two attached hydrogens (primary N) is 1. The first-order chi connectivity index (χ1) is 8.00. The van der Waals surface area contributed by atoms with Gasteiger partial charge in [0.15, 0.2) is 0 Å². The first-order valence-corrected chi connectivity index (χ1v) is 5.90. The fraction of sp³-hybridized carbons (Fsp3) is 0.417. The number of hydrogen-bond donors (Lipinski definition) is 3. The maximum atomic E-state index is 11.7. The molecule has 5 heteroatoms. The Labute approximate surface area is 106 Å². The van der Waals surface area contributed by atoms with Gasteiger partial charge in [-0.3, -0.25) is 4.79 Å². The van der Waals surface area contributed by atoms with Gasteiger partial charge in [-0.15, -0.1) is 0 Å². The average Bonchev–Trinajstić information content (AvgIpc) is 2.27. The van der Waals surface area contributed by atoms with Gasteiger partial charge in [-0.2, -0.15) is 0 Å². The summed E-state index contributed by atoms with van der Waals surface area (Å²) < 4.78 is 0. The molecule has 1 aromatic rings. The Bertz CT molecular complexity index is 394. The lowest BCUT2D eigenvalue weighted by atomic mass is 10.1. The van der Waals surface area contributed by atoms with Gasteiger partial charge in [-0.05, 0) is 38.0 Å². The summed E-state index contributed by atoms with van der Waals surface area (Å²) in [6, 6.07) is 4.79. The molecule has 4 nitrogen and oxygen atoms in total. The standard InChI is InChI=1S/C12H17ClN2O2/c1-8(16)3-2-6-15-12(17)10-7-9(14)4-5-11(10)13/h4-5,7-8,16H,2-3,6,14H2,1H3,(H,15,17). The molecule has 0 aliphatic carbocycles. The van der Waals surface area contributed by atoms with Gasteiger partial charge in [0.05, 0.1) is 16.7 Å². The van der Waals surface area contributed by atoms with Crippen molar-refractivity contribution in [2.75, 3.05) is 12.3 Å². The Hall–Kier alpha value is -1.26. The molecule has 1 atom stereocenters. The van der Waals surface area contributed by atoms with Crippen molar-refractivity contribution in [3.63, 3.8) is 0 Å². The molecule has 0 saturated heterocycles. The van der Waals surface area contributed by atoms with Crippen molar-refractivity contribution in [1.82, 2.24) is 5.32 Å². The van der Waals surface area contributed by atoms with Crippen molar-refractivity contribution >= 4 is 23.2 Å². The molecular formula is C12H17ClN2O2. The maximum absolute atomic E-state index is 11.7. The van der Waals surface area contributed by atoms with Crippen LogP contribution in [0.15, 0.2) is 18.2 Å². The van der Waals surface area contributed by atoms with Gasteiger partial charge >= 0.3 is 0 Å². The highest BCUT2D eigenvalue weighted by atomic mass is 35.5. The lowest BCUT2D eigenvalue weighted by Crippen LogP contribution is -2.25. The lowest BCUT2D eigenvalue weighted by molar-refractivity contribution is 0.0950. The van der Waals surface area contributed by atoms with E-state index in [-0.39, 0.29) is 12.0 Å². The Morgan fingerprint density at radius 3 is 2.94 bits per heavy atom. The van der Waals surface area contributed by atoms with E-state index in [2.05, 4.69) is 5.32 Å². The Kier molecular flexibility index (Phi) is 5.25. The summed E-state index contributed by atoms with van der Waals surface area (Å²) in [6.45, 7) is 2.23. The third-order valence-corrected chi connectivity index (χ3v) is 2.65. The molecule has 0 spiro atoms. The second-order valence-corrected chi connectivity index (χ2v) is 4.39. The van der Waals surface area contributed by atoms with Crippen LogP contribution in [0.3, 0.4) is 0 Å². The van der Waals surface area contributed by atoms with Crippen molar-refractivity contribution in [2.45, 2.75) is 25.9 Å². The molecule has 1 amide bonds. The van der Waals surface area contributed by atoms with Crippen LogP contribution in [0.2, 0.25) is 5.02 Å². The number of benzene rings is 1. The van der Waals surface area contributed by atoms with Gasteiger partial charge in [-0.1, -0.05) is 11.6 Å². The van der Waals surface area contributed by atoms with Crippen molar-refractivity contribution < 1.29 is 9.90 Å². The zero-order chi connectivity index (χ0) is 12.8. The van der Waals surface area contributed by atoms with Gasteiger partial charge < -0.3 is 16.2 Å². The highest BCUT2D eigenvalue weighted by Crippen LogP contribution is 2.18. The van der Waals surface area contributed by atoms with E-state index in [9.17, 15) is 4.79 Å². The van der Waals surface area contributed by atoms with Crippen molar-refractivity contribution in [1.29, 1.82) is 0 Å². The quantitative estimate of drug-likeness (QED) is 0.556. The van der Waals surface area contributed by atoms with Crippen LogP contribution < -0.4 is 11.1 Å². The topological polar surface area (TPSA) is 75.3 Å². The predicted molar refractivity (Wildman–Crippen MR) is 69.1 cm³/mol. The molecule has 0 aliphatic heterocycles. The first-order valence-electron chi connectivity index (χ1n) is 5.52. The summed E-state index contributed by atoms with van der Waals surface area (Å²) in [5.41, 5.74) is 6.47. The van der Waals surface area contributed by atoms with Crippen LogP contribution in [-0.2, 0) is 0 Å². The van der Waals surface area contributed by atoms with Crippen LogP contribution in [0.25, 0.3) is 0 Å². The summed E-state index contributed by atoms with van der Waals surface area (Å²) in [5, 5.41) is 12.2. The van der Waals surface area contributed by atoms with Gasteiger partial charge in [-0.25, -0.2) is 0 Å². The highest BCUT2D eigenvalue weighted by Gasteiger charge is 2.09. The summed E-state index contributed by atoms with van der Waals surface area (Å²) in [5.74, 6) is -0.243. The minimum atomic E-state index is -0.345.